The number of aromatic nitrogens is 2. The minimum Gasteiger partial charge on any atom is -0.457 e. The van der Waals surface area contributed by atoms with Crippen molar-refractivity contribution in [1.29, 1.82) is 0 Å². The Balaban J connectivity index is 1.33. The van der Waals surface area contributed by atoms with E-state index in [0.29, 0.717) is 16.5 Å². The van der Waals surface area contributed by atoms with Crippen molar-refractivity contribution in [3.05, 3.63) is 75.8 Å². The van der Waals surface area contributed by atoms with Gasteiger partial charge in [-0.05, 0) is 55.0 Å². The van der Waals surface area contributed by atoms with Crippen molar-refractivity contribution in [1.82, 2.24) is 9.55 Å². The smallest absolute Gasteiger partial charge is 0.308 e. The molecule has 148 valence electrons. The molecule has 6 nitrogen and oxygen atoms in total. The molecule has 0 aliphatic heterocycles. The second-order valence-corrected chi connectivity index (χ2v) is 7.28. The number of Topliss-reactive ketones (excluding diaryl/α,β-unsaturated/α-hetero) is 1. The lowest BCUT2D eigenvalue weighted by Crippen LogP contribution is -2.23. The minimum atomic E-state index is -0.517. The summed E-state index contributed by atoms with van der Waals surface area (Å²) < 4.78 is 6.51. The van der Waals surface area contributed by atoms with Gasteiger partial charge in [-0.15, -0.1) is 0 Å². The highest BCUT2D eigenvalue weighted by molar-refractivity contribution is 5.98. The number of hydrogen-bond donors (Lipinski definition) is 0. The molecule has 0 radical (unpaired) electrons. The molecule has 0 amide bonds. The Morgan fingerprint density at radius 1 is 1.03 bits per heavy atom. The minimum absolute atomic E-state index is 0.00258. The molecule has 0 saturated heterocycles. The van der Waals surface area contributed by atoms with Crippen LogP contribution in [0.4, 0.5) is 0 Å². The highest BCUT2D eigenvalue weighted by Crippen LogP contribution is 2.22. The molecule has 1 aliphatic carbocycles. The maximum Gasteiger partial charge on any atom is 0.308 e. The molecule has 0 spiro atoms. The monoisotopic (exact) mass is 390 g/mol. The lowest BCUT2D eigenvalue weighted by molar-refractivity contribution is -0.142. The summed E-state index contributed by atoms with van der Waals surface area (Å²) in [6, 6.07) is 12.8. The maximum absolute atomic E-state index is 12.4. The standard InChI is InChI=1S/C23H22N2O4/c26-21(18-10-9-16-5-1-2-6-17(16)13-18)14-29-22(27)11-12-25-15-24-20-8-4-3-7-19(20)23(25)28/h3-4,7-10,13,15H,1-2,5-6,11-12,14H2. The van der Waals surface area contributed by atoms with Crippen molar-refractivity contribution in [2.75, 3.05) is 6.61 Å². The van der Waals surface area contributed by atoms with Crippen molar-refractivity contribution >= 4 is 22.7 Å². The number of aryl methyl sites for hydroxylation is 3. The second kappa shape index (κ2) is 8.39. The molecule has 0 saturated carbocycles. The van der Waals surface area contributed by atoms with Crippen LogP contribution in [0.25, 0.3) is 10.9 Å². The summed E-state index contributed by atoms with van der Waals surface area (Å²) in [5.41, 5.74) is 3.52. The molecule has 4 rings (SSSR count). The summed E-state index contributed by atoms with van der Waals surface area (Å²) in [5.74, 6) is -0.729. The number of benzene rings is 2. The SMILES string of the molecule is O=C(CCn1cnc2ccccc2c1=O)OCC(=O)c1ccc2c(c1)CCCC2. The first-order valence-electron chi connectivity index (χ1n) is 9.86. The molecule has 0 fully saturated rings. The Morgan fingerprint density at radius 2 is 1.83 bits per heavy atom. The van der Waals surface area contributed by atoms with Crippen LogP contribution in [0.5, 0.6) is 0 Å². The number of ether oxygens (including phenoxy) is 1. The average molecular weight is 390 g/mol. The van der Waals surface area contributed by atoms with Gasteiger partial charge in [-0.3, -0.25) is 19.0 Å². The first kappa shape index (κ1) is 19.1. The van der Waals surface area contributed by atoms with Gasteiger partial charge in [0, 0.05) is 12.1 Å². The van der Waals surface area contributed by atoms with Gasteiger partial charge in [0.15, 0.2) is 12.4 Å². The highest BCUT2D eigenvalue weighted by Gasteiger charge is 2.15. The van der Waals surface area contributed by atoms with Crippen LogP contribution in [-0.4, -0.2) is 27.9 Å². The highest BCUT2D eigenvalue weighted by atomic mass is 16.5. The van der Waals surface area contributed by atoms with E-state index in [1.165, 1.54) is 28.4 Å². The number of hydrogen-bond acceptors (Lipinski definition) is 5. The zero-order valence-corrected chi connectivity index (χ0v) is 16.1. The van der Waals surface area contributed by atoms with Crippen molar-refractivity contribution in [2.24, 2.45) is 0 Å². The molecule has 3 aromatic rings. The summed E-state index contributed by atoms with van der Waals surface area (Å²) in [5, 5.41) is 0.506. The van der Waals surface area contributed by atoms with Crippen LogP contribution in [0, 0.1) is 0 Å². The third kappa shape index (κ3) is 4.26. The molecule has 1 heterocycles. The van der Waals surface area contributed by atoms with E-state index in [2.05, 4.69) is 4.98 Å². The second-order valence-electron chi connectivity index (χ2n) is 7.28. The molecule has 0 unspecified atom stereocenters. The maximum atomic E-state index is 12.4. The zero-order valence-electron chi connectivity index (χ0n) is 16.1. The summed E-state index contributed by atoms with van der Waals surface area (Å²) in [6.07, 6.45) is 5.80. The predicted molar refractivity (Wildman–Crippen MR) is 109 cm³/mol. The van der Waals surface area contributed by atoms with Gasteiger partial charge in [0.05, 0.1) is 23.7 Å². The number of para-hydroxylation sites is 1. The van der Waals surface area contributed by atoms with Gasteiger partial charge in [0.2, 0.25) is 0 Å². The van der Waals surface area contributed by atoms with Gasteiger partial charge in [-0.25, -0.2) is 4.98 Å². The zero-order chi connectivity index (χ0) is 20.2. The van der Waals surface area contributed by atoms with Gasteiger partial charge in [0.25, 0.3) is 5.56 Å². The summed E-state index contributed by atoms with van der Waals surface area (Å²) >= 11 is 0. The van der Waals surface area contributed by atoms with Gasteiger partial charge in [0.1, 0.15) is 0 Å². The quantitative estimate of drug-likeness (QED) is 0.477. The Hall–Kier alpha value is -3.28. The van der Waals surface area contributed by atoms with Crippen LogP contribution in [-0.2, 0) is 28.9 Å². The fraction of sp³-hybridized carbons (Fsp3) is 0.304. The van der Waals surface area contributed by atoms with E-state index < -0.39 is 5.97 Å². The van der Waals surface area contributed by atoms with E-state index in [1.807, 2.05) is 18.2 Å². The molecular weight excluding hydrogens is 368 g/mol. The molecule has 0 bridgehead atoms. The number of rotatable bonds is 6. The number of carbonyl (C=O) groups excluding carboxylic acids is 2. The van der Waals surface area contributed by atoms with Crippen LogP contribution in [0.1, 0.15) is 40.7 Å². The summed E-state index contributed by atoms with van der Waals surface area (Å²) in [6.45, 7) is -0.134. The number of carbonyl (C=O) groups is 2. The molecule has 29 heavy (non-hydrogen) atoms. The predicted octanol–water partition coefficient (Wildman–Crippen LogP) is 3.09. The molecule has 0 N–H and O–H groups in total. The molecule has 2 aromatic carbocycles. The molecule has 1 aliphatic rings. The van der Waals surface area contributed by atoms with Gasteiger partial charge < -0.3 is 4.74 Å². The van der Waals surface area contributed by atoms with E-state index in [4.69, 9.17) is 4.74 Å². The fourth-order valence-electron chi connectivity index (χ4n) is 3.69. The van der Waals surface area contributed by atoms with Crippen LogP contribution >= 0.6 is 0 Å². The van der Waals surface area contributed by atoms with E-state index in [0.717, 1.165) is 19.3 Å². The van der Waals surface area contributed by atoms with Crippen molar-refractivity contribution in [2.45, 2.75) is 38.6 Å². The fourth-order valence-corrected chi connectivity index (χ4v) is 3.69. The summed E-state index contributed by atoms with van der Waals surface area (Å²) in [7, 11) is 0. The number of esters is 1. The van der Waals surface area contributed by atoms with Crippen molar-refractivity contribution in [3.8, 4) is 0 Å². The Labute approximate surface area is 168 Å². The van der Waals surface area contributed by atoms with Gasteiger partial charge >= 0.3 is 5.97 Å². The van der Waals surface area contributed by atoms with E-state index in [9.17, 15) is 14.4 Å². The molecule has 6 heteroatoms. The van der Waals surface area contributed by atoms with Crippen LogP contribution in [0.3, 0.4) is 0 Å². The number of ketones is 1. The molecular formula is C23H22N2O4. The van der Waals surface area contributed by atoms with E-state index in [1.54, 1.807) is 24.3 Å². The average Bonchev–Trinajstić information content (AvgIpc) is 2.77. The van der Waals surface area contributed by atoms with E-state index in [-0.39, 0.29) is 30.9 Å². The Kier molecular flexibility index (Phi) is 5.51. The van der Waals surface area contributed by atoms with E-state index >= 15 is 0 Å². The van der Waals surface area contributed by atoms with Crippen LogP contribution in [0.15, 0.2) is 53.6 Å². The third-order valence-electron chi connectivity index (χ3n) is 5.32. The first-order valence-corrected chi connectivity index (χ1v) is 9.86. The van der Waals surface area contributed by atoms with Crippen molar-refractivity contribution in [3.63, 3.8) is 0 Å². The molecule has 1 aromatic heterocycles. The molecule has 0 atom stereocenters. The van der Waals surface area contributed by atoms with Crippen LogP contribution < -0.4 is 5.56 Å². The number of nitrogens with zero attached hydrogens (tertiary/aromatic N) is 2. The summed E-state index contributed by atoms with van der Waals surface area (Å²) in [4.78, 5) is 41.1. The van der Waals surface area contributed by atoms with Gasteiger partial charge in [-0.2, -0.15) is 0 Å². The van der Waals surface area contributed by atoms with Gasteiger partial charge in [-0.1, -0.05) is 24.3 Å². The largest absolute Gasteiger partial charge is 0.457 e. The lowest BCUT2D eigenvalue weighted by Gasteiger charge is -2.16. The lowest BCUT2D eigenvalue weighted by atomic mass is 9.90. The van der Waals surface area contributed by atoms with Crippen LogP contribution in [0.2, 0.25) is 0 Å². The third-order valence-corrected chi connectivity index (χ3v) is 5.32. The Bertz CT molecular complexity index is 1130. The Morgan fingerprint density at radius 3 is 2.69 bits per heavy atom. The van der Waals surface area contributed by atoms with Crippen molar-refractivity contribution < 1.29 is 14.3 Å². The first-order chi connectivity index (χ1) is 14.1. The normalized spacial score (nSPS) is 13.1. The number of fused-ring (bicyclic) bond motifs is 2. The topological polar surface area (TPSA) is 78.3 Å².